The molecule has 0 saturated carbocycles. The number of anilines is 1. The highest BCUT2D eigenvalue weighted by Crippen LogP contribution is 2.33. The summed E-state index contributed by atoms with van der Waals surface area (Å²) in [6.45, 7) is 0. The molecule has 0 aliphatic rings. The van der Waals surface area contributed by atoms with Crippen LogP contribution in [0.1, 0.15) is 5.56 Å². The highest BCUT2D eigenvalue weighted by atomic mass is 35.5. The molecule has 2 aromatic rings. The van der Waals surface area contributed by atoms with Gasteiger partial charge in [0.15, 0.2) is 5.75 Å². The number of pyridine rings is 1. The molecule has 0 radical (unpaired) electrons. The van der Waals surface area contributed by atoms with Gasteiger partial charge in [-0.3, -0.25) is 0 Å². The predicted octanol–water partition coefficient (Wildman–Crippen LogP) is 2.98. The third kappa shape index (κ3) is 2.47. The lowest BCUT2D eigenvalue weighted by Gasteiger charge is -2.08. The van der Waals surface area contributed by atoms with Gasteiger partial charge >= 0.3 is 0 Å². The minimum absolute atomic E-state index is 0.281. The van der Waals surface area contributed by atoms with Gasteiger partial charge in [0.1, 0.15) is 0 Å². The fourth-order valence-electron chi connectivity index (χ4n) is 1.27. The first-order chi connectivity index (χ1) is 8.20. The van der Waals surface area contributed by atoms with Gasteiger partial charge in [-0.05, 0) is 18.2 Å². The molecule has 2 N–H and O–H groups in total. The van der Waals surface area contributed by atoms with Crippen molar-refractivity contribution in [2.45, 2.75) is 0 Å². The maximum atomic E-state index is 8.75. The number of nitriles is 1. The normalized spacial score (nSPS) is 9.65. The van der Waals surface area contributed by atoms with Crippen LogP contribution in [-0.4, -0.2) is 4.98 Å². The highest BCUT2D eigenvalue weighted by molar-refractivity contribution is 6.32. The molecular formula is C12H8ClN3O. The molecule has 1 heterocycles. The van der Waals surface area contributed by atoms with Crippen LogP contribution >= 0.6 is 11.6 Å². The summed E-state index contributed by atoms with van der Waals surface area (Å²) in [4.78, 5) is 3.98. The Morgan fingerprint density at radius 1 is 1.35 bits per heavy atom. The van der Waals surface area contributed by atoms with Crippen molar-refractivity contribution >= 4 is 17.3 Å². The predicted molar refractivity (Wildman–Crippen MR) is 64.9 cm³/mol. The number of nitrogen functional groups attached to an aromatic ring is 1. The molecule has 0 unspecified atom stereocenters. The van der Waals surface area contributed by atoms with E-state index in [1.807, 2.05) is 6.07 Å². The monoisotopic (exact) mass is 245 g/mol. The Morgan fingerprint density at radius 2 is 2.18 bits per heavy atom. The molecule has 0 aliphatic heterocycles. The lowest BCUT2D eigenvalue weighted by atomic mass is 10.3. The first-order valence-electron chi connectivity index (χ1n) is 4.78. The minimum atomic E-state index is 0.281. The van der Waals surface area contributed by atoms with E-state index >= 15 is 0 Å². The average Bonchev–Trinajstić information content (AvgIpc) is 2.34. The first-order valence-corrected chi connectivity index (χ1v) is 5.16. The van der Waals surface area contributed by atoms with Gasteiger partial charge in [-0.15, -0.1) is 0 Å². The standard InChI is InChI=1S/C12H8ClN3O/c13-9-2-1-3-10(15)12(9)17-11-6-8(7-14)4-5-16-11/h1-6H,15H2. The lowest BCUT2D eigenvalue weighted by Crippen LogP contribution is -1.94. The Balaban J connectivity index is 2.35. The summed E-state index contributed by atoms with van der Waals surface area (Å²) in [5, 5.41) is 9.15. The van der Waals surface area contributed by atoms with E-state index in [0.29, 0.717) is 22.0 Å². The van der Waals surface area contributed by atoms with E-state index in [9.17, 15) is 0 Å². The van der Waals surface area contributed by atoms with Crippen molar-refractivity contribution in [3.05, 3.63) is 47.1 Å². The van der Waals surface area contributed by atoms with E-state index in [1.54, 1.807) is 24.3 Å². The Bertz CT molecular complexity index is 572. The molecule has 0 fully saturated rings. The zero-order valence-electron chi connectivity index (χ0n) is 8.72. The lowest BCUT2D eigenvalue weighted by molar-refractivity contribution is 0.465. The van der Waals surface area contributed by atoms with Gasteiger partial charge in [0.05, 0.1) is 22.3 Å². The van der Waals surface area contributed by atoms with Crippen LogP contribution in [0.4, 0.5) is 5.69 Å². The van der Waals surface area contributed by atoms with Crippen LogP contribution in [0.5, 0.6) is 11.6 Å². The number of nitrogens with two attached hydrogens (primary N) is 1. The number of rotatable bonds is 2. The number of para-hydroxylation sites is 1. The van der Waals surface area contributed by atoms with E-state index in [0.717, 1.165) is 0 Å². The van der Waals surface area contributed by atoms with Crippen LogP contribution in [0.3, 0.4) is 0 Å². The van der Waals surface area contributed by atoms with Crippen molar-refractivity contribution in [2.75, 3.05) is 5.73 Å². The van der Waals surface area contributed by atoms with Crippen molar-refractivity contribution in [3.63, 3.8) is 0 Å². The number of benzene rings is 1. The van der Waals surface area contributed by atoms with Gasteiger partial charge < -0.3 is 10.5 Å². The van der Waals surface area contributed by atoms with Crippen molar-refractivity contribution in [1.29, 1.82) is 5.26 Å². The van der Waals surface area contributed by atoms with Crippen LogP contribution in [0, 0.1) is 11.3 Å². The maximum absolute atomic E-state index is 8.75. The molecule has 17 heavy (non-hydrogen) atoms. The summed E-state index contributed by atoms with van der Waals surface area (Å²) < 4.78 is 5.46. The Morgan fingerprint density at radius 3 is 2.88 bits per heavy atom. The third-order valence-electron chi connectivity index (χ3n) is 2.07. The molecule has 4 nitrogen and oxygen atoms in total. The van der Waals surface area contributed by atoms with Crippen molar-refractivity contribution < 1.29 is 4.74 Å². The van der Waals surface area contributed by atoms with Gasteiger partial charge in [0.25, 0.3) is 0 Å². The second-order valence-electron chi connectivity index (χ2n) is 3.25. The van der Waals surface area contributed by atoms with Crippen molar-refractivity contribution in [1.82, 2.24) is 4.98 Å². The smallest absolute Gasteiger partial charge is 0.220 e. The summed E-state index contributed by atoms with van der Waals surface area (Å²) in [6, 6.07) is 10.2. The first kappa shape index (κ1) is 11.2. The Hall–Kier alpha value is -2.25. The van der Waals surface area contributed by atoms with Gasteiger partial charge in [0.2, 0.25) is 5.88 Å². The molecule has 5 heteroatoms. The van der Waals surface area contributed by atoms with Crippen LogP contribution in [0.25, 0.3) is 0 Å². The van der Waals surface area contributed by atoms with Crippen LogP contribution in [-0.2, 0) is 0 Å². The summed E-state index contributed by atoms with van der Waals surface area (Å²) in [5.74, 6) is 0.626. The van der Waals surface area contributed by atoms with Crippen molar-refractivity contribution in [2.24, 2.45) is 0 Å². The number of ether oxygens (including phenoxy) is 1. The molecule has 0 bridgehead atoms. The molecule has 84 valence electrons. The van der Waals surface area contributed by atoms with Crippen LogP contribution in [0.15, 0.2) is 36.5 Å². The highest BCUT2D eigenvalue weighted by Gasteiger charge is 2.08. The number of hydrogen-bond acceptors (Lipinski definition) is 4. The summed E-state index contributed by atoms with van der Waals surface area (Å²) in [5.41, 5.74) is 6.61. The fraction of sp³-hybridized carbons (Fsp3) is 0. The second-order valence-corrected chi connectivity index (χ2v) is 3.66. The zero-order valence-corrected chi connectivity index (χ0v) is 9.48. The molecule has 0 amide bonds. The second kappa shape index (κ2) is 4.73. The number of hydrogen-bond donors (Lipinski definition) is 1. The van der Waals surface area contributed by atoms with Gasteiger partial charge in [0, 0.05) is 12.3 Å². The quantitative estimate of drug-likeness (QED) is 0.826. The number of halogens is 1. The van der Waals surface area contributed by atoms with Crippen LogP contribution in [0.2, 0.25) is 5.02 Å². The molecule has 1 aromatic carbocycles. The summed E-state index contributed by atoms with van der Waals surface area (Å²) in [6.07, 6.45) is 1.49. The van der Waals surface area contributed by atoms with Gasteiger partial charge in [-0.25, -0.2) is 4.98 Å². The number of aromatic nitrogens is 1. The fourth-order valence-corrected chi connectivity index (χ4v) is 1.49. The van der Waals surface area contributed by atoms with Crippen LogP contribution < -0.4 is 10.5 Å². The molecule has 1 aromatic heterocycles. The zero-order chi connectivity index (χ0) is 12.3. The van der Waals surface area contributed by atoms with E-state index in [4.69, 9.17) is 27.3 Å². The number of nitrogens with zero attached hydrogens (tertiary/aromatic N) is 2. The van der Waals surface area contributed by atoms with Gasteiger partial charge in [-0.1, -0.05) is 17.7 Å². The average molecular weight is 246 g/mol. The topological polar surface area (TPSA) is 71.9 Å². The molecule has 0 atom stereocenters. The van der Waals surface area contributed by atoms with E-state index in [2.05, 4.69) is 4.98 Å². The molecule has 0 saturated heterocycles. The summed E-state index contributed by atoms with van der Waals surface area (Å²) in [7, 11) is 0. The Kier molecular flexibility index (Phi) is 3.12. The molecular weight excluding hydrogens is 238 g/mol. The minimum Gasteiger partial charge on any atom is -0.435 e. The van der Waals surface area contributed by atoms with E-state index in [1.165, 1.54) is 12.3 Å². The third-order valence-corrected chi connectivity index (χ3v) is 2.37. The largest absolute Gasteiger partial charge is 0.435 e. The van der Waals surface area contributed by atoms with E-state index < -0.39 is 0 Å². The van der Waals surface area contributed by atoms with Gasteiger partial charge in [-0.2, -0.15) is 5.26 Å². The molecule has 0 spiro atoms. The Labute approximate surface area is 103 Å². The SMILES string of the molecule is N#Cc1ccnc(Oc2c(N)cccc2Cl)c1. The maximum Gasteiger partial charge on any atom is 0.220 e. The molecule has 0 aliphatic carbocycles. The summed E-state index contributed by atoms with van der Waals surface area (Å²) >= 11 is 5.96. The van der Waals surface area contributed by atoms with E-state index in [-0.39, 0.29) is 5.88 Å². The van der Waals surface area contributed by atoms with Crippen molar-refractivity contribution in [3.8, 4) is 17.7 Å². The molecule has 2 rings (SSSR count).